The van der Waals surface area contributed by atoms with Gasteiger partial charge in [-0.2, -0.15) is 9.78 Å². The number of phosphoric ester groups is 1. The van der Waals surface area contributed by atoms with Gasteiger partial charge in [-0.1, -0.05) is 13.2 Å². The molecule has 0 heterocycles. The first-order valence-electron chi connectivity index (χ1n) is 6.20. The van der Waals surface area contributed by atoms with Gasteiger partial charge in [-0.05, 0) is 27.7 Å². The lowest BCUT2D eigenvalue weighted by Crippen LogP contribution is -2.20. The summed E-state index contributed by atoms with van der Waals surface area (Å²) in [7, 11) is -4.65. The number of hydrogen-bond donors (Lipinski definition) is 1. The van der Waals surface area contributed by atoms with Crippen LogP contribution in [0.3, 0.4) is 0 Å². The largest absolute Gasteiger partial charge is 0.477 e. The first-order valence-corrected chi connectivity index (χ1v) is 7.70. The summed E-state index contributed by atoms with van der Waals surface area (Å²) in [6, 6.07) is 0. The predicted octanol–water partition coefficient (Wildman–Crippen LogP) is 1.91. The molecule has 0 saturated heterocycles. The van der Waals surface area contributed by atoms with E-state index in [2.05, 4.69) is 41.8 Å². The van der Waals surface area contributed by atoms with Crippen LogP contribution in [0.25, 0.3) is 0 Å². The lowest BCUT2D eigenvalue weighted by atomic mass is 10.4. The number of carbonyl (C=O) groups is 2. The fourth-order valence-electron chi connectivity index (χ4n) is 0.800. The third-order valence-electron chi connectivity index (χ3n) is 1.78. The molecular weight excluding hydrogens is 335 g/mol. The molecule has 0 aliphatic heterocycles. The molecule has 2 unspecified atom stereocenters. The molecule has 0 aromatic heterocycles. The maximum Gasteiger partial charge on any atom is 0.477 e. The van der Waals surface area contributed by atoms with E-state index < -0.39 is 32.3 Å². The van der Waals surface area contributed by atoms with E-state index in [1.54, 1.807) is 0 Å². The maximum absolute atomic E-state index is 11.6. The van der Waals surface area contributed by atoms with Gasteiger partial charge in [-0.3, -0.25) is 18.8 Å². The Morgan fingerprint density at radius 3 is 1.48 bits per heavy atom. The van der Waals surface area contributed by atoms with Crippen molar-refractivity contribution in [2.45, 2.75) is 40.3 Å². The number of hydrogen-bond acceptors (Lipinski definition) is 9. The third-order valence-corrected chi connectivity index (χ3v) is 2.91. The van der Waals surface area contributed by atoms with Crippen LogP contribution >= 0.6 is 7.82 Å². The van der Waals surface area contributed by atoms with Crippen LogP contribution in [0.4, 0.5) is 0 Å². The van der Waals surface area contributed by atoms with E-state index in [-0.39, 0.29) is 11.1 Å². The standard InChI is InChI=1S/C12H19O10P/c1-7(2)11(13)19-17-9(5)21-23(15,16)22-10(6)18-20-12(14)8(3)4/h9-10H,1,3H2,2,4-6H3,(H,15,16). The van der Waals surface area contributed by atoms with E-state index in [4.69, 9.17) is 0 Å². The average molecular weight is 354 g/mol. The van der Waals surface area contributed by atoms with Crippen LogP contribution in [0, 0.1) is 0 Å². The van der Waals surface area contributed by atoms with Gasteiger partial charge < -0.3 is 4.89 Å². The van der Waals surface area contributed by atoms with Gasteiger partial charge in [-0.15, -0.1) is 0 Å². The highest BCUT2D eigenvalue weighted by atomic mass is 31.2. The lowest BCUT2D eigenvalue weighted by Gasteiger charge is -2.19. The molecule has 0 amide bonds. The van der Waals surface area contributed by atoms with Crippen LogP contribution in [0.15, 0.2) is 24.3 Å². The average Bonchev–Trinajstić information content (AvgIpc) is 2.40. The van der Waals surface area contributed by atoms with Gasteiger partial charge in [0.2, 0.25) is 12.6 Å². The van der Waals surface area contributed by atoms with Crippen LogP contribution in [-0.4, -0.2) is 29.4 Å². The summed E-state index contributed by atoms with van der Waals surface area (Å²) >= 11 is 0. The van der Waals surface area contributed by atoms with E-state index in [9.17, 15) is 19.0 Å². The molecule has 0 aliphatic rings. The molecule has 0 fully saturated rings. The van der Waals surface area contributed by atoms with E-state index in [1.807, 2.05) is 0 Å². The molecule has 0 aliphatic carbocycles. The van der Waals surface area contributed by atoms with Crippen molar-refractivity contribution in [3.8, 4) is 0 Å². The highest BCUT2D eigenvalue weighted by molar-refractivity contribution is 7.47. The molecule has 0 bridgehead atoms. The molecule has 0 aromatic carbocycles. The summed E-state index contributed by atoms with van der Waals surface area (Å²) in [5.74, 6) is -1.75. The van der Waals surface area contributed by atoms with Crippen molar-refractivity contribution < 1.29 is 47.6 Å². The maximum atomic E-state index is 11.6. The van der Waals surface area contributed by atoms with Crippen molar-refractivity contribution in [3.63, 3.8) is 0 Å². The minimum absolute atomic E-state index is 0.0574. The molecular formula is C12H19O10P. The van der Waals surface area contributed by atoms with E-state index in [1.165, 1.54) is 27.7 Å². The first-order chi connectivity index (χ1) is 10.4. The molecule has 23 heavy (non-hydrogen) atoms. The monoisotopic (exact) mass is 354 g/mol. The summed E-state index contributed by atoms with van der Waals surface area (Å²) in [6.07, 6.45) is -2.86. The summed E-state index contributed by atoms with van der Waals surface area (Å²) in [5, 5.41) is 0. The second-order valence-electron chi connectivity index (χ2n) is 4.31. The van der Waals surface area contributed by atoms with Gasteiger partial charge in [0.1, 0.15) is 0 Å². The topological polar surface area (TPSA) is 127 Å². The molecule has 0 saturated carbocycles. The van der Waals surface area contributed by atoms with Gasteiger partial charge in [-0.25, -0.2) is 14.2 Å². The van der Waals surface area contributed by atoms with E-state index >= 15 is 0 Å². The van der Waals surface area contributed by atoms with Crippen LogP contribution in [-0.2, 0) is 42.8 Å². The summed E-state index contributed by atoms with van der Waals surface area (Å²) < 4.78 is 20.7. The van der Waals surface area contributed by atoms with Crippen molar-refractivity contribution in [2.75, 3.05) is 0 Å². The molecule has 0 radical (unpaired) electrons. The molecule has 10 nitrogen and oxygen atoms in total. The van der Waals surface area contributed by atoms with Crippen molar-refractivity contribution in [1.82, 2.24) is 0 Å². The smallest absolute Gasteiger partial charge is 0.302 e. The molecule has 0 spiro atoms. The van der Waals surface area contributed by atoms with Crippen LogP contribution in [0.2, 0.25) is 0 Å². The van der Waals surface area contributed by atoms with E-state index in [0.29, 0.717) is 0 Å². The second kappa shape index (κ2) is 9.56. The summed E-state index contributed by atoms with van der Waals surface area (Å²) in [4.78, 5) is 48.9. The summed E-state index contributed by atoms with van der Waals surface area (Å²) in [6.45, 7) is 11.7. The first kappa shape index (κ1) is 21.4. The molecule has 0 rings (SSSR count). The van der Waals surface area contributed by atoms with Gasteiger partial charge in [0, 0.05) is 11.1 Å². The van der Waals surface area contributed by atoms with Crippen LogP contribution in [0.5, 0.6) is 0 Å². The Labute approximate surface area is 133 Å². The SMILES string of the molecule is C=C(C)C(=O)OOC(C)OP(=O)(O)OC(C)OOC(=O)C(=C)C. The van der Waals surface area contributed by atoms with Crippen LogP contribution in [0.1, 0.15) is 27.7 Å². The van der Waals surface area contributed by atoms with Crippen molar-refractivity contribution >= 4 is 19.8 Å². The fourth-order valence-corrected chi connectivity index (χ4v) is 1.67. The third kappa shape index (κ3) is 9.95. The Balaban J connectivity index is 4.28. The van der Waals surface area contributed by atoms with Gasteiger partial charge >= 0.3 is 19.8 Å². The second-order valence-corrected chi connectivity index (χ2v) is 5.67. The number of carbonyl (C=O) groups excluding carboxylic acids is 2. The number of phosphoric acid groups is 1. The normalized spacial score (nSPS) is 15.9. The molecule has 2 atom stereocenters. The predicted molar refractivity (Wildman–Crippen MR) is 74.9 cm³/mol. The van der Waals surface area contributed by atoms with Crippen LogP contribution < -0.4 is 0 Å². The zero-order valence-electron chi connectivity index (χ0n) is 13.1. The molecule has 132 valence electrons. The fraction of sp³-hybridized carbons (Fsp3) is 0.500. The zero-order valence-corrected chi connectivity index (χ0v) is 14.0. The molecule has 1 N–H and O–H groups in total. The Morgan fingerprint density at radius 2 is 1.22 bits per heavy atom. The minimum atomic E-state index is -4.65. The highest BCUT2D eigenvalue weighted by Crippen LogP contribution is 2.46. The molecule has 0 aromatic rings. The minimum Gasteiger partial charge on any atom is -0.302 e. The lowest BCUT2D eigenvalue weighted by molar-refractivity contribution is -0.341. The Hall–Kier alpha value is -1.55. The van der Waals surface area contributed by atoms with Crippen molar-refractivity contribution in [3.05, 3.63) is 24.3 Å². The Bertz CT molecular complexity index is 472. The van der Waals surface area contributed by atoms with Gasteiger partial charge in [0.15, 0.2) is 0 Å². The van der Waals surface area contributed by atoms with Gasteiger partial charge in [0.25, 0.3) is 0 Å². The van der Waals surface area contributed by atoms with Crippen molar-refractivity contribution in [2.24, 2.45) is 0 Å². The Morgan fingerprint density at radius 1 is 0.913 bits per heavy atom. The molecule has 11 heteroatoms. The zero-order chi connectivity index (χ0) is 18.2. The number of rotatable bonds is 10. The Kier molecular flexibility index (Phi) is 8.91. The summed E-state index contributed by atoms with van der Waals surface area (Å²) in [5.41, 5.74) is 0.115. The highest BCUT2D eigenvalue weighted by Gasteiger charge is 2.30. The van der Waals surface area contributed by atoms with E-state index in [0.717, 1.165) is 0 Å². The quantitative estimate of drug-likeness (QED) is 0.204. The van der Waals surface area contributed by atoms with Gasteiger partial charge in [0.05, 0.1) is 0 Å². The van der Waals surface area contributed by atoms with Crippen molar-refractivity contribution in [1.29, 1.82) is 0 Å².